The summed E-state index contributed by atoms with van der Waals surface area (Å²) in [6, 6.07) is 2.97. The van der Waals surface area contributed by atoms with Gasteiger partial charge in [0, 0.05) is 19.2 Å². The predicted molar refractivity (Wildman–Crippen MR) is 68.0 cm³/mol. The van der Waals surface area contributed by atoms with Crippen LogP contribution in [-0.2, 0) is 0 Å². The van der Waals surface area contributed by atoms with Crippen molar-refractivity contribution in [1.29, 1.82) is 0 Å². The van der Waals surface area contributed by atoms with E-state index in [9.17, 15) is 10.1 Å². The van der Waals surface area contributed by atoms with Gasteiger partial charge in [-0.3, -0.25) is 10.1 Å². The average Bonchev–Trinajstić information content (AvgIpc) is 2.26. The van der Waals surface area contributed by atoms with Gasteiger partial charge in [-0.2, -0.15) is 0 Å². The quantitative estimate of drug-likeness (QED) is 0.641. The van der Waals surface area contributed by atoms with Crippen molar-refractivity contribution in [2.45, 2.75) is 26.8 Å². The van der Waals surface area contributed by atoms with Gasteiger partial charge in [-0.15, -0.1) is 0 Å². The Kier molecular flexibility index (Phi) is 3.88. The Morgan fingerprint density at radius 1 is 1.41 bits per heavy atom. The summed E-state index contributed by atoms with van der Waals surface area (Å²) in [5.41, 5.74) is 5.56. The standard InChI is InChI=1S/C11H18N4O2/c1-7(2)8(3)14(4)11-9(15(16)17)5-6-10(12)13-11/h5-8H,1-4H3,(H2,12,13). The van der Waals surface area contributed by atoms with E-state index in [1.165, 1.54) is 12.1 Å². The highest BCUT2D eigenvalue weighted by Gasteiger charge is 2.23. The highest BCUT2D eigenvalue weighted by Crippen LogP contribution is 2.28. The molecule has 94 valence electrons. The van der Waals surface area contributed by atoms with E-state index in [2.05, 4.69) is 18.8 Å². The van der Waals surface area contributed by atoms with Gasteiger partial charge in [0.2, 0.25) is 5.82 Å². The number of aromatic nitrogens is 1. The number of nitrogens with zero attached hydrogens (tertiary/aromatic N) is 3. The van der Waals surface area contributed by atoms with Crippen molar-refractivity contribution in [3.63, 3.8) is 0 Å². The van der Waals surface area contributed by atoms with Crippen LogP contribution in [0.25, 0.3) is 0 Å². The van der Waals surface area contributed by atoms with Crippen molar-refractivity contribution in [2.75, 3.05) is 17.7 Å². The predicted octanol–water partition coefficient (Wildman–Crippen LogP) is 2.05. The molecule has 1 heterocycles. The molecule has 0 fully saturated rings. The molecule has 1 atom stereocenters. The minimum Gasteiger partial charge on any atom is -0.384 e. The maximum Gasteiger partial charge on any atom is 0.311 e. The number of pyridine rings is 1. The lowest BCUT2D eigenvalue weighted by molar-refractivity contribution is -0.384. The first-order chi connectivity index (χ1) is 7.84. The molecule has 2 N–H and O–H groups in total. The Balaban J connectivity index is 3.19. The zero-order valence-corrected chi connectivity index (χ0v) is 10.5. The minimum atomic E-state index is -0.439. The summed E-state index contributed by atoms with van der Waals surface area (Å²) in [5, 5.41) is 10.9. The van der Waals surface area contributed by atoms with Gasteiger partial charge in [0.25, 0.3) is 0 Å². The van der Waals surface area contributed by atoms with Crippen molar-refractivity contribution in [3.8, 4) is 0 Å². The molecule has 0 aliphatic heterocycles. The Hall–Kier alpha value is -1.85. The highest BCUT2D eigenvalue weighted by molar-refractivity contribution is 5.61. The minimum absolute atomic E-state index is 0.0193. The van der Waals surface area contributed by atoms with Crippen LogP contribution < -0.4 is 10.6 Å². The number of nitrogens with two attached hydrogens (primary N) is 1. The second kappa shape index (κ2) is 4.99. The summed E-state index contributed by atoms with van der Waals surface area (Å²) in [4.78, 5) is 16.3. The number of rotatable bonds is 4. The van der Waals surface area contributed by atoms with Gasteiger partial charge in [0.15, 0.2) is 0 Å². The van der Waals surface area contributed by atoms with E-state index >= 15 is 0 Å². The van der Waals surface area contributed by atoms with E-state index in [1.54, 1.807) is 11.9 Å². The average molecular weight is 238 g/mol. The van der Waals surface area contributed by atoms with E-state index in [4.69, 9.17) is 5.73 Å². The molecule has 0 saturated heterocycles. The third-order valence-electron chi connectivity index (χ3n) is 2.98. The van der Waals surface area contributed by atoms with Crippen LogP contribution in [0.15, 0.2) is 12.1 Å². The van der Waals surface area contributed by atoms with Crippen molar-refractivity contribution < 1.29 is 4.92 Å². The summed E-state index contributed by atoms with van der Waals surface area (Å²) < 4.78 is 0. The fourth-order valence-electron chi connectivity index (χ4n) is 1.50. The first-order valence-electron chi connectivity index (χ1n) is 5.48. The molecule has 0 bridgehead atoms. The van der Waals surface area contributed by atoms with E-state index in [-0.39, 0.29) is 17.5 Å². The van der Waals surface area contributed by atoms with Gasteiger partial charge in [0.1, 0.15) is 5.82 Å². The molecule has 0 spiro atoms. The van der Waals surface area contributed by atoms with Crippen molar-refractivity contribution >= 4 is 17.3 Å². The second-order valence-electron chi connectivity index (χ2n) is 4.43. The van der Waals surface area contributed by atoms with Crippen LogP contribution in [0, 0.1) is 16.0 Å². The SMILES string of the molecule is CC(C)C(C)N(C)c1nc(N)ccc1[N+](=O)[O-]. The maximum absolute atomic E-state index is 10.9. The fourth-order valence-corrected chi connectivity index (χ4v) is 1.50. The van der Waals surface area contributed by atoms with Gasteiger partial charge >= 0.3 is 5.69 Å². The molecule has 0 aliphatic rings. The maximum atomic E-state index is 10.9. The Morgan fingerprint density at radius 3 is 2.47 bits per heavy atom. The summed E-state index contributed by atoms with van der Waals surface area (Å²) in [6.07, 6.45) is 0. The van der Waals surface area contributed by atoms with Crippen LogP contribution in [0.3, 0.4) is 0 Å². The first kappa shape index (κ1) is 13.2. The molecule has 0 amide bonds. The summed E-state index contributed by atoms with van der Waals surface area (Å²) in [6.45, 7) is 6.11. The Labute approximate surface area is 101 Å². The second-order valence-corrected chi connectivity index (χ2v) is 4.43. The van der Waals surface area contributed by atoms with Crippen LogP contribution in [0.4, 0.5) is 17.3 Å². The Bertz CT molecular complexity index is 420. The summed E-state index contributed by atoms with van der Waals surface area (Å²) >= 11 is 0. The lowest BCUT2D eigenvalue weighted by Crippen LogP contribution is -2.34. The van der Waals surface area contributed by atoms with Crippen LogP contribution in [0.2, 0.25) is 0 Å². The molecular formula is C11H18N4O2. The lowest BCUT2D eigenvalue weighted by atomic mass is 10.1. The molecule has 6 heteroatoms. The normalized spacial score (nSPS) is 12.5. The third kappa shape index (κ3) is 2.83. The monoisotopic (exact) mass is 238 g/mol. The van der Waals surface area contributed by atoms with Gasteiger partial charge in [-0.1, -0.05) is 13.8 Å². The van der Waals surface area contributed by atoms with Gasteiger partial charge in [-0.05, 0) is 18.9 Å². The van der Waals surface area contributed by atoms with Gasteiger partial charge in [0.05, 0.1) is 4.92 Å². The van der Waals surface area contributed by atoms with Crippen LogP contribution in [0.5, 0.6) is 0 Å². The molecule has 1 aromatic rings. The van der Waals surface area contributed by atoms with Gasteiger partial charge in [-0.25, -0.2) is 4.98 Å². The van der Waals surface area contributed by atoms with E-state index < -0.39 is 4.92 Å². The molecule has 1 rings (SSSR count). The molecule has 1 unspecified atom stereocenters. The van der Waals surface area contributed by atoms with E-state index in [1.807, 2.05) is 6.92 Å². The topological polar surface area (TPSA) is 85.3 Å². The summed E-state index contributed by atoms with van der Waals surface area (Å²) in [7, 11) is 1.79. The number of nitro groups is 1. The number of anilines is 2. The van der Waals surface area contributed by atoms with Gasteiger partial charge < -0.3 is 10.6 Å². The molecule has 6 nitrogen and oxygen atoms in total. The molecule has 17 heavy (non-hydrogen) atoms. The highest BCUT2D eigenvalue weighted by atomic mass is 16.6. The van der Waals surface area contributed by atoms with E-state index in [0.717, 1.165) is 0 Å². The molecule has 1 aromatic heterocycles. The van der Waals surface area contributed by atoms with Crippen molar-refractivity contribution in [3.05, 3.63) is 22.2 Å². The largest absolute Gasteiger partial charge is 0.384 e. The van der Waals surface area contributed by atoms with E-state index in [0.29, 0.717) is 11.7 Å². The summed E-state index contributed by atoms with van der Waals surface area (Å²) in [5.74, 6) is 0.965. The Morgan fingerprint density at radius 2 is 2.00 bits per heavy atom. The fraction of sp³-hybridized carbons (Fsp3) is 0.545. The van der Waals surface area contributed by atoms with Crippen molar-refractivity contribution in [1.82, 2.24) is 4.98 Å². The molecule has 0 radical (unpaired) electrons. The number of nitrogen functional groups attached to an aromatic ring is 1. The van der Waals surface area contributed by atoms with Crippen LogP contribution >= 0.6 is 0 Å². The molecule has 0 saturated carbocycles. The number of hydrogen-bond acceptors (Lipinski definition) is 5. The molecule has 0 aliphatic carbocycles. The first-order valence-corrected chi connectivity index (χ1v) is 5.48. The zero-order chi connectivity index (χ0) is 13.2. The number of hydrogen-bond donors (Lipinski definition) is 1. The lowest BCUT2D eigenvalue weighted by Gasteiger charge is -2.28. The molecule has 0 aromatic carbocycles. The zero-order valence-electron chi connectivity index (χ0n) is 10.5. The smallest absolute Gasteiger partial charge is 0.311 e. The van der Waals surface area contributed by atoms with Crippen LogP contribution in [0.1, 0.15) is 20.8 Å². The van der Waals surface area contributed by atoms with Crippen molar-refractivity contribution in [2.24, 2.45) is 5.92 Å². The molecular weight excluding hydrogens is 220 g/mol. The third-order valence-corrected chi connectivity index (χ3v) is 2.98. The van der Waals surface area contributed by atoms with Crippen LogP contribution in [-0.4, -0.2) is 23.0 Å².